The molecule has 4 rings (SSSR count). The molecule has 1 atom stereocenters. The third kappa shape index (κ3) is 6.02. The van der Waals surface area contributed by atoms with Crippen LogP contribution in [0.3, 0.4) is 0 Å². The van der Waals surface area contributed by atoms with Gasteiger partial charge in [0.2, 0.25) is 0 Å². The lowest BCUT2D eigenvalue weighted by molar-refractivity contribution is -0.00835. The van der Waals surface area contributed by atoms with Crippen molar-refractivity contribution < 1.29 is 9.47 Å². The van der Waals surface area contributed by atoms with Crippen molar-refractivity contribution in [2.75, 3.05) is 33.9 Å². The van der Waals surface area contributed by atoms with Gasteiger partial charge in [0.1, 0.15) is 17.7 Å². The van der Waals surface area contributed by atoms with Crippen molar-refractivity contribution in [3.8, 4) is 17.1 Å². The van der Waals surface area contributed by atoms with Gasteiger partial charge in [-0.1, -0.05) is 23.8 Å². The van der Waals surface area contributed by atoms with Crippen LogP contribution in [0.25, 0.3) is 11.4 Å². The number of morpholine rings is 1. The number of rotatable bonds is 5. The molecule has 1 fully saturated rings. The van der Waals surface area contributed by atoms with E-state index < -0.39 is 0 Å². The summed E-state index contributed by atoms with van der Waals surface area (Å²) in [5.74, 6) is 3.03. The Morgan fingerprint density at radius 3 is 2.73 bits per heavy atom. The van der Waals surface area contributed by atoms with Crippen molar-refractivity contribution in [3.63, 3.8) is 0 Å². The van der Waals surface area contributed by atoms with Crippen molar-refractivity contribution in [1.29, 1.82) is 0 Å². The van der Waals surface area contributed by atoms with Crippen LogP contribution in [0.1, 0.15) is 28.6 Å². The molecule has 0 aliphatic carbocycles. The van der Waals surface area contributed by atoms with E-state index in [1.165, 1.54) is 16.7 Å². The van der Waals surface area contributed by atoms with Gasteiger partial charge in [-0.15, -0.1) is 24.0 Å². The summed E-state index contributed by atoms with van der Waals surface area (Å²) in [7, 11) is 3.45. The summed E-state index contributed by atoms with van der Waals surface area (Å²) in [6, 6.07) is 14.2. The molecule has 1 aromatic heterocycles. The number of nitrogens with one attached hydrogen (secondary N) is 2. The average Bonchev–Trinajstić information content (AvgIpc) is 3.29. The van der Waals surface area contributed by atoms with Crippen LogP contribution >= 0.6 is 24.0 Å². The van der Waals surface area contributed by atoms with Crippen LogP contribution in [-0.4, -0.2) is 59.9 Å². The SMILES string of the molecule is CN=C(NCc1nc(-c2ccc(OC)cc2)n[nH]1)N1CCOC(c2ccc(C)cc2C)C1.I. The maximum absolute atomic E-state index is 6.08. The summed E-state index contributed by atoms with van der Waals surface area (Å²) >= 11 is 0. The third-order valence-corrected chi connectivity index (χ3v) is 5.64. The van der Waals surface area contributed by atoms with E-state index >= 15 is 0 Å². The van der Waals surface area contributed by atoms with E-state index in [1.807, 2.05) is 24.3 Å². The Balaban J connectivity index is 0.00000306. The van der Waals surface area contributed by atoms with Gasteiger partial charge in [0.15, 0.2) is 11.8 Å². The van der Waals surface area contributed by atoms with Gasteiger partial charge in [-0.25, -0.2) is 4.98 Å². The normalized spacial score (nSPS) is 16.3. The monoisotopic (exact) mass is 562 g/mol. The second kappa shape index (κ2) is 11.5. The van der Waals surface area contributed by atoms with Crippen molar-refractivity contribution in [3.05, 3.63) is 65.0 Å². The van der Waals surface area contributed by atoms with E-state index in [2.05, 4.69) is 62.4 Å². The highest BCUT2D eigenvalue weighted by Gasteiger charge is 2.25. The number of nitrogens with zero attached hydrogens (tertiary/aromatic N) is 4. The number of hydrogen-bond acceptors (Lipinski definition) is 5. The fraction of sp³-hybridized carbons (Fsp3) is 0.375. The Hall–Kier alpha value is -2.66. The summed E-state index contributed by atoms with van der Waals surface area (Å²) in [6.45, 7) is 6.94. The van der Waals surface area contributed by atoms with E-state index in [1.54, 1.807) is 14.2 Å². The fourth-order valence-electron chi connectivity index (χ4n) is 3.96. The molecular formula is C24H31IN6O2. The van der Waals surface area contributed by atoms with Gasteiger partial charge in [-0.3, -0.25) is 10.1 Å². The number of ether oxygens (including phenoxy) is 2. The second-order valence-corrected chi connectivity index (χ2v) is 7.90. The molecule has 1 unspecified atom stereocenters. The summed E-state index contributed by atoms with van der Waals surface area (Å²) in [5, 5.41) is 10.7. The van der Waals surface area contributed by atoms with E-state index in [0.717, 1.165) is 36.2 Å². The first-order chi connectivity index (χ1) is 15.6. The molecule has 0 amide bonds. The average molecular weight is 562 g/mol. The molecule has 9 heteroatoms. The zero-order valence-electron chi connectivity index (χ0n) is 19.5. The molecule has 33 heavy (non-hydrogen) atoms. The zero-order chi connectivity index (χ0) is 22.5. The van der Waals surface area contributed by atoms with Crippen LogP contribution in [0.4, 0.5) is 0 Å². The molecular weight excluding hydrogens is 531 g/mol. The summed E-state index contributed by atoms with van der Waals surface area (Å²) in [5.41, 5.74) is 4.68. The van der Waals surface area contributed by atoms with Gasteiger partial charge >= 0.3 is 0 Å². The van der Waals surface area contributed by atoms with Gasteiger partial charge in [-0.05, 0) is 49.2 Å². The first-order valence-corrected chi connectivity index (χ1v) is 10.8. The van der Waals surface area contributed by atoms with Crippen molar-refractivity contribution in [2.45, 2.75) is 26.5 Å². The van der Waals surface area contributed by atoms with Gasteiger partial charge in [0.05, 0.1) is 26.8 Å². The molecule has 1 aliphatic heterocycles. The maximum Gasteiger partial charge on any atom is 0.194 e. The molecule has 1 aliphatic rings. The molecule has 3 aromatic rings. The molecule has 2 N–H and O–H groups in total. The number of aliphatic imine (C=N–C) groups is 1. The molecule has 176 valence electrons. The Kier molecular flexibility index (Phi) is 8.67. The van der Waals surface area contributed by atoms with Crippen molar-refractivity contribution >= 4 is 29.9 Å². The third-order valence-electron chi connectivity index (χ3n) is 5.64. The number of guanidine groups is 1. The van der Waals surface area contributed by atoms with Gasteiger partial charge in [0, 0.05) is 19.2 Å². The number of methoxy groups -OCH3 is 1. The number of benzene rings is 2. The molecule has 2 aromatic carbocycles. The van der Waals surface area contributed by atoms with Crippen molar-refractivity contribution in [2.24, 2.45) is 4.99 Å². The number of halogens is 1. The van der Waals surface area contributed by atoms with E-state index in [4.69, 9.17) is 9.47 Å². The van der Waals surface area contributed by atoms with Crippen LogP contribution in [0, 0.1) is 13.8 Å². The van der Waals surface area contributed by atoms with E-state index in [0.29, 0.717) is 19.0 Å². The maximum atomic E-state index is 6.08. The minimum absolute atomic E-state index is 0. The quantitative estimate of drug-likeness (QED) is 0.279. The predicted molar refractivity (Wildman–Crippen MR) is 140 cm³/mol. The van der Waals surface area contributed by atoms with Crippen LogP contribution < -0.4 is 10.1 Å². The number of aromatic amines is 1. The van der Waals surface area contributed by atoms with Crippen LogP contribution in [0.5, 0.6) is 5.75 Å². The molecule has 0 spiro atoms. The van der Waals surface area contributed by atoms with Gasteiger partial charge < -0.3 is 19.7 Å². The molecule has 0 saturated carbocycles. The van der Waals surface area contributed by atoms with Gasteiger partial charge in [0.25, 0.3) is 0 Å². The Bertz CT molecular complexity index is 1080. The number of H-pyrrole nitrogens is 1. The highest BCUT2D eigenvalue weighted by atomic mass is 127. The lowest BCUT2D eigenvalue weighted by Gasteiger charge is -2.35. The smallest absolute Gasteiger partial charge is 0.194 e. The van der Waals surface area contributed by atoms with Gasteiger partial charge in [-0.2, -0.15) is 5.10 Å². The van der Waals surface area contributed by atoms with E-state index in [9.17, 15) is 0 Å². The first kappa shape index (κ1) is 25.0. The largest absolute Gasteiger partial charge is 0.497 e. The Morgan fingerprint density at radius 1 is 1.24 bits per heavy atom. The van der Waals surface area contributed by atoms with E-state index in [-0.39, 0.29) is 30.1 Å². The molecule has 1 saturated heterocycles. The number of hydrogen-bond donors (Lipinski definition) is 2. The Labute approximate surface area is 211 Å². The van der Waals surface area contributed by atoms with Crippen LogP contribution in [0.15, 0.2) is 47.5 Å². The molecule has 2 heterocycles. The lowest BCUT2D eigenvalue weighted by atomic mass is 10.00. The van der Waals surface area contributed by atoms with Crippen LogP contribution in [-0.2, 0) is 11.3 Å². The molecule has 0 radical (unpaired) electrons. The van der Waals surface area contributed by atoms with Crippen molar-refractivity contribution in [1.82, 2.24) is 25.4 Å². The zero-order valence-corrected chi connectivity index (χ0v) is 21.8. The minimum Gasteiger partial charge on any atom is -0.497 e. The highest BCUT2D eigenvalue weighted by molar-refractivity contribution is 14.0. The standard InChI is InChI=1S/C24H30N6O2.HI/c1-16-5-10-20(17(2)13-16)21-15-30(11-12-32-21)24(25-3)26-14-22-27-23(29-28-22)18-6-8-19(31-4)9-7-18;/h5-10,13,21H,11-12,14-15H2,1-4H3,(H,25,26)(H,27,28,29);1H. The highest BCUT2D eigenvalue weighted by Crippen LogP contribution is 2.26. The second-order valence-electron chi connectivity index (χ2n) is 7.90. The van der Waals surface area contributed by atoms with Crippen LogP contribution in [0.2, 0.25) is 0 Å². The summed E-state index contributed by atoms with van der Waals surface area (Å²) < 4.78 is 11.3. The fourth-order valence-corrected chi connectivity index (χ4v) is 3.96. The number of aryl methyl sites for hydroxylation is 2. The topological polar surface area (TPSA) is 87.7 Å². The lowest BCUT2D eigenvalue weighted by Crippen LogP contribution is -2.48. The first-order valence-electron chi connectivity index (χ1n) is 10.8. The molecule has 8 nitrogen and oxygen atoms in total. The predicted octanol–water partition coefficient (Wildman–Crippen LogP) is 3.86. The molecule has 0 bridgehead atoms. The minimum atomic E-state index is 0. The summed E-state index contributed by atoms with van der Waals surface area (Å²) in [6.07, 6.45) is 0.0230. The summed E-state index contributed by atoms with van der Waals surface area (Å²) in [4.78, 5) is 11.3. The Morgan fingerprint density at radius 2 is 2.03 bits per heavy atom. The number of aromatic nitrogens is 3.